The Balaban J connectivity index is 0.000000229. The van der Waals surface area contributed by atoms with Gasteiger partial charge in [-0.3, -0.25) is 29.2 Å². The van der Waals surface area contributed by atoms with E-state index < -0.39 is 136 Å². The number of carbonyl (C=O) groups excluding carboxylic acids is 8. The minimum Gasteiger partial charge on any atom is -0.453 e. The van der Waals surface area contributed by atoms with Crippen molar-refractivity contribution >= 4 is 136 Å². The molecule has 18 rings (SSSR count). The molecule has 10 aliphatic rings. The van der Waals surface area contributed by atoms with Gasteiger partial charge in [-0.1, -0.05) is 122 Å². The smallest absolute Gasteiger partial charge is 0.407 e. The zero-order valence-electron chi connectivity index (χ0n) is 79.1. The number of ether oxygens (including phenoxy) is 8. The summed E-state index contributed by atoms with van der Waals surface area (Å²) in [5.41, 5.74) is 3.56. The molecule has 3 aliphatic carbocycles. The van der Waals surface area contributed by atoms with Crippen molar-refractivity contribution in [3.63, 3.8) is 0 Å². The Morgan fingerprint density at radius 3 is 1.36 bits per heavy atom. The first kappa shape index (κ1) is 106. The van der Waals surface area contributed by atoms with Crippen molar-refractivity contribution in [2.75, 3.05) is 74.5 Å². The number of aliphatic imine (C=N–C) groups is 2. The van der Waals surface area contributed by atoms with Crippen molar-refractivity contribution in [3.05, 3.63) is 167 Å². The number of Topliss-reactive ketones (excluding diaryl/α,β-unsaturated/α-hetero) is 1. The first-order valence-electron chi connectivity index (χ1n) is 45.7. The molecule has 0 bridgehead atoms. The van der Waals surface area contributed by atoms with Gasteiger partial charge in [-0.2, -0.15) is 89.1 Å². The number of benzene rings is 6. The number of imidazole rings is 2. The average molecular weight is 2020 g/mol. The topological polar surface area (TPSA) is 350 Å². The number of fused-ring (bicyclic) bond motifs is 8. The number of ketones is 1. The normalized spacial score (nSPS) is 21.6. The van der Waals surface area contributed by atoms with Gasteiger partial charge in [-0.15, -0.1) is 0 Å². The van der Waals surface area contributed by atoms with Crippen LogP contribution in [0, 0.1) is 35.5 Å². The van der Waals surface area contributed by atoms with Crippen LogP contribution in [0.3, 0.4) is 0 Å². The van der Waals surface area contributed by atoms with Gasteiger partial charge in [0.1, 0.15) is 29.8 Å². The van der Waals surface area contributed by atoms with Gasteiger partial charge >= 0.3 is 48.1 Å². The van der Waals surface area contributed by atoms with Gasteiger partial charge in [-0.25, -0.2) is 29.1 Å². The minimum atomic E-state index is -4.65. The standard InChI is InChI=1S/C52H54F4N6O6.C47H53F4N7O10.4H2S/c1-26(2)44(60-49(65)67-5)46(63)36-10-7-9-35(36)41-25-32-21-28(14-18-39(32)57-41)29-12-16-33-34-17-13-30(23-38(34)52(55,56)51(53,54)37(33)22-29)31-15-19-40-42(24-31)59-47(58-40)43-11-8-20-62(43)48(64)45(27(3)4)61-50(66)68-6;1-24(2)37(55-42(61)63-5)40(59)57-22-44(65-11-12-66-44)18-35(57)33-17-28(20-52-33)26-7-9-29-30-10-8-27(16-32(30)47(50,51)46(48,49)31(29)15-26)34-21-53-39(54-34)36-19-45(67-13-14-68-45)23-58(36)41(60)38(25(3)4)56-43(62)64-6;;;;/h12-19,21-24,26-27,35-36,43-45H,7-11,20,25H2,1-6H3,(H,58,59)(H,60,65)(H,61,66);7-10,15-16,20-21,24-25,35-38H,11-14,17-19,22-23H2,1-6H3,(H,53,54)(H,55,61)(H,56,62);4*1H2/t35-,36?,43+,44+,45+;35?,36-,37-,38-;;;;/m10..../s1. The van der Waals surface area contributed by atoms with E-state index in [0.29, 0.717) is 108 Å². The highest BCUT2D eigenvalue weighted by Gasteiger charge is 2.65. The molecule has 5 saturated heterocycles. The van der Waals surface area contributed by atoms with E-state index in [1.54, 1.807) is 86.0 Å². The third-order valence-corrected chi connectivity index (χ3v) is 28.0. The van der Waals surface area contributed by atoms with E-state index in [0.717, 1.165) is 54.8 Å². The van der Waals surface area contributed by atoms with Crippen molar-refractivity contribution in [3.8, 4) is 55.8 Å². The molecule has 7 aliphatic heterocycles. The molecule has 6 fully saturated rings. The second-order valence-corrected chi connectivity index (χ2v) is 37.7. The molecule has 9 heterocycles. The largest absolute Gasteiger partial charge is 0.453 e. The minimum absolute atomic E-state index is 0. The van der Waals surface area contributed by atoms with Crippen LogP contribution in [-0.4, -0.2) is 210 Å². The lowest BCUT2D eigenvalue weighted by Gasteiger charge is -2.35. The zero-order valence-corrected chi connectivity index (χ0v) is 83.1. The fraction of sp³-hybridized carbons (Fsp3) is 0.475. The lowest BCUT2D eigenvalue weighted by molar-refractivity contribution is -0.225. The molecule has 41 heteroatoms. The molecule has 140 heavy (non-hydrogen) atoms. The Bertz CT molecular complexity index is 6200. The lowest BCUT2D eigenvalue weighted by Crippen LogP contribution is -2.54. The van der Waals surface area contributed by atoms with Crippen LogP contribution >= 0.6 is 54.0 Å². The van der Waals surface area contributed by atoms with Crippen LogP contribution in [0.15, 0.2) is 132 Å². The summed E-state index contributed by atoms with van der Waals surface area (Å²) in [5.74, 6) is -22.5. The number of methoxy groups -OCH3 is 4. The fourth-order valence-corrected chi connectivity index (χ4v) is 20.8. The summed E-state index contributed by atoms with van der Waals surface area (Å²) in [7, 11) is 4.88. The van der Waals surface area contributed by atoms with Crippen LogP contribution in [0.2, 0.25) is 0 Å². The highest BCUT2D eigenvalue weighted by Crippen LogP contribution is 2.62. The Kier molecular flexibility index (Phi) is 31.5. The molecule has 6 N–H and O–H groups in total. The number of alkyl halides is 8. The molecule has 6 aromatic carbocycles. The summed E-state index contributed by atoms with van der Waals surface area (Å²) < 4.78 is 174. The van der Waals surface area contributed by atoms with Crippen molar-refractivity contribution in [2.24, 2.45) is 45.5 Å². The van der Waals surface area contributed by atoms with Gasteiger partial charge in [0.2, 0.25) is 17.7 Å². The van der Waals surface area contributed by atoms with Gasteiger partial charge in [-0.05, 0) is 159 Å². The van der Waals surface area contributed by atoms with Crippen LogP contribution in [0.25, 0.3) is 72.4 Å². The molecular weight excluding hydrogens is 1910 g/mol. The van der Waals surface area contributed by atoms with Crippen LogP contribution in [0.4, 0.5) is 60.0 Å². The lowest BCUT2D eigenvalue weighted by atomic mass is 9.78. The summed E-state index contributed by atoms with van der Waals surface area (Å²) in [6.45, 7) is 16.3. The average Bonchev–Trinajstić information content (AvgIpc) is 0.948. The van der Waals surface area contributed by atoms with E-state index in [4.69, 9.17) is 47.9 Å². The first-order chi connectivity index (χ1) is 64.7. The number of nitrogens with zero attached hydrogens (tertiary/aromatic N) is 7. The maximum atomic E-state index is 16.4. The molecular formula is C99H115F8N13O16S4. The molecule has 9 atom stereocenters. The van der Waals surface area contributed by atoms with Gasteiger partial charge in [0.15, 0.2) is 17.4 Å². The number of likely N-dealkylation sites (tertiary alicyclic amines) is 3. The molecule has 29 nitrogen and oxygen atoms in total. The number of alkyl carbamates (subject to hydrolysis) is 4. The second kappa shape index (κ2) is 41.5. The third-order valence-electron chi connectivity index (χ3n) is 28.0. The summed E-state index contributed by atoms with van der Waals surface area (Å²) in [5, 5.41) is 10.5. The highest BCUT2D eigenvalue weighted by atomic mass is 32.1. The summed E-state index contributed by atoms with van der Waals surface area (Å²) >= 11 is 0. The van der Waals surface area contributed by atoms with E-state index in [1.807, 2.05) is 33.8 Å². The van der Waals surface area contributed by atoms with Crippen molar-refractivity contribution < 1.29 is 111 Å². The van der Waals surface area contributed by atoms with Crippen molar-refractivity contribution in [2.45, 2.75) is 191 Å². The Morgan fingerprint density at radius 2 is 0.864 bits per heavy atom. The molecule has 2 spiro atoms. The van der Waals surface area contributed by atoms with Gasteiger partial charge in [0, 0.05) is 89.5 Å². The third kappa shape index (κ3) is 19.5. The van der Waals surface area contributed by atoms with Crippen molar-refractivity contribution in [1.82, 2.24) is 55.9 Å². The summed E-state index contributed by atoms with van der Waals surface area (Å²) in [6, 6.07) is 21.9. The molecule has 2 aromatic heterocycles. The molecule has 752 valence electrons. The Hall–Kier alpha value is -11.1. The predicted molar refractivity (Wildman–Crippen MR) is 524 cm³/mol. The van der Waals surface area contributed by atoms with E-state index in [1.165, 1.54) is 76.1 Å². The fourth-order valence-electron chi connectivity index (χ4n) is 20.8. The van der Waals surface area contributed by atoms with Gasteiger partial charge < -0.3 is 83.8 Å². The van der Waals surface area contributed by atoms with Crippen LogP contribution < -0.4 is 21.3 Å². The molecule has 2 unspecified atom stereocenters. The van der Waals surface area contributed by atoms with E-state index in [-0.39, 0.29) is 178 Å². The van der Waals surface area contributed by atoms with Crippen molar-refractivity contribution in [1.29, 1.82) is 0 Å². The Labute approximate surface area is 831 Å². The van der Waals surface area contributed by atoms with E-state index >= 15 is 35.1 Å². The second-order valence-electron chi connectivity index (χ2n) is 37.7. The summed E-state index contributed by atoms with van der Waals surface area (Å²) in [6.07, 6.45) is 4.52. The van der Waals surface area contributed by atoms with Crippen LogP contribution in [0.5, 0.6) is 0 Å². The van der Waals surface area contributed by atoms with Crippen LogP contribution in [0.1, 0.15) is 164 Å². The maximum Gasteiger partial charge on any atom is 0.407 e. The van der Waals surface area contributed by atoms with E-state index in [9.17, 15) is 38.4 Å². The number of halogens is 8. The number of aromatic nitrogens is 4. The van der Waals surface area contributed by atoms with Crippen LogP contribution in [-0.2, 0) is 87.2 Å². The number of H-pyrrole nitrogens is 2. The highest BCUT2D eigenvalue weighted by molar-refractivity contribution is 7.59. The quantitative estimate of drug-likeness (QED) is 0.0287. The number of allylic oxidation sites excluding steroid dienone is 1. The molecule has 1 saturated carbocycles. The predicted octanol–water partition coefficient (Wildman–Crippen LogP) is 17.5. The number of aromatic amines is 2. The zero-order chi connectivity index (χ0) is 96.9. The molecule has 7 amide bonds. The SMILES string of the molecule is COC(=O)N[C@H](C(=O)C1CCC[C@H]1C1=Nc2ccc(-c3ccc4c(c3)C(F)(F)C(F)(F)c3cc(-c5ccc6nc([C@@H]7CCCN7C(=O)[C@@H](NC(=O)OC)C(C)C)[nH]c6c5)ccc3-4)cc2C1)C(C)C.COC(=O)N[C@H](C(=O)N1CC2(CC1C1=NC=C(c3ccc4c(c3)C(F)(F)C(F)(F)c3cc(-c5cnc([C@@H]6CC7(CN6C(=O)[C@@H](NC(=O)OC)C(C)C)OCCO7)[nH]5)ccc3-4)C1)OCCO2)C(C)C.S.S.S.S. The Morgan fingerprint density at radius 1 is 0.443 bits per heavy atom. The number of carbonyl (C=O) groups is 8. The monoisotopic (exact) mass is 2020 g/mol. The van der Waals surface area contributed by atoms with Gasteiger partial charge in [0.05, 0.1) is 121 Å². The summed E-state index contributed by atoms with van der Waals surface area (Å²) in [4.78, 5) is 134. The number of hydrogen-bond donors (Lipinski definition) is 6. The number of amides is 7. The molecule has 0 radical (unpaired) electrons. The van der Waals surface area contributed by atoms with E-state index in [2.05, 4.69) is 41.2 Å². The number of hydrogen-bond acceptors (Lipinski definition) is 20. The van der Waals surface area contributed by atoms with Gasteiger partial charge in [0.25, 0.3) is 0 Å². The maximum absolute atomic E-state index is 16.4. The first-order valence-corrected chi connectivity index (χ1v) is 45.7. The molecule has 8 aromatic rings. The number of nitrogens with one attached hydrogen (secondary N) is 6. The number of rotatable bonds is 21.